The summed E-state index contributed by atoms with van der Waals surface area (Å²) in [6, 6.07) is 14.7. The smallest absolute Gasteiger partial charge is 0.170 e. The number of rotatable bonds is 3. The van der Waals surface area contributed by atoms with Gasteiger partial charge in [0, 0.05) is 22.7 Å². The van der Waals surface area contributed by atoms with Crippen LogP contribution in [0.15, 0.2) is 48.7 Å². The molecule has 1 aromatic heterocycles. The van der Waals surface area contributed by atoms with E-state index in [2.05, 4.69) is 6.07 Å². The minimum atomic E-state index is -0.349. The fourth-order valence-corrected chi connectivity index (χ4v) is 2.48. The fraction of sp³-hybridized carbons (Fsp3) is 0.118. The largest absolute Gasteiger partial charge is 0.494 e. The van der Waals surface area contributed by atoms with Gasteiger partial charge in [-0.1, -0.05) is 18.2 Å². The molecule has 0 saturated carbocycles. The molecule has 1 heterocycles. The van der Waals surface area contributed by atoms with Crippen LogP contribution in [-0.4, -0.2) is 11.7 Å². The van der Waals surface area contributed by atoms with E-state index in [0.29, 0.717) is 17.7 Å². The van der Waals surface area contributed by atoms with Gasteiger partial charge in [0.05, 0.1) is 25.3 Å². The molecule has 0 radical (unpaired) electrons. The predicted molar refractivity (Wildman–Crippen MR) is 78.7 cm³/mol. The summed E-state index contributed by atoms with van der Waals surface area (Å²) in [5.41, 5.74) is 2.09. The Kier molecular flexibility index (Phi) is 3.33. The highest BCUT2D eigenvalue weighted by atomic mass is 19.1. The lowest BCUT2D eigenvalue weighted by molar-refractivity contribution is 0.383. The third-order valence-electron chi connectivity index (χ3n) is 3.54. The van der Waals surface area contributed by atoms with Gasteiger partial charge in [-0.05, 0) is 24.3 Å². The molecule has 0 spiro atoms. The lowest BCUT2D eigenvalue weighted by Crippen LogP contribution is -2.02. The van der Waals surface area contributed by atoms with Gasteiger partial charge in [-0.3, -0.25) is 0 Å². The van der Waals surface area contributed by atoms with E-state index in [0.717, 1.165) is 10.9 Å². The number of benzene rings is 2. The molecule has 104 valence electrons. The maximum absolute atomic E-state index is 14.2. The van der Waals surface area contributed by atoms with E-state index in [9.17, 15) is 4.39 Å². The number of fused-ring (bicyclic) bond motifs is 1. The van der Waals surface area contributed by atoms with Crippen LogP contribution in [0.5, 0.6) is 5.75 Å². The molecule has 0 saturated heterocycles. The molecule has 0 aliphatic carbocycles. The molecule has 21 heavy (non-hydrogen) atoms. The van der Waals surface area contributed by atoms with E-state index < -0.39 is 0 Å². The summed E-state index contributed by atoms with van der Waals surface area (Å²) in [4.78, 5) is 0. The Morgan fingerprint density at radius 1 is 1.19 bits per heavy atom. The maximum Gasteiger partial charge on any atom is 0.170 e. The van der Waals surface area contributed by atoms with Crippen molar-refractivity contribution < 1.29 is 9.13 Å². The number of nitriles is 1. The highest BCUT2D eigenvalue weighted by Crippen LogP contribution is 2.24. The number of hydrogen-bond acceptors (Lipinski definition) is 2. The first-order valence-corrected chi connectivity index (χ1v) is 6.54. The minimum Gasteiger partial charge on any atom is -0.494 e. The van der Waals surface area contributed by atoms with Crippen LogP contribution in [0.1, 0.15) is 11.1 Å². The first kappa shape index (κ1) is 13.2. The highest BCUT2D eigenvalue weighted by Gasteiger charge is 2.11. The van der Waals surface area contributed by atoms with Crippen LogP contribution in [0, 0.1) is 17.1 Å². The average Bonchev–Trinajstić information content (AvgIpc) is 2.92. The van der Waals surface area contributed by atoms with E-state index in [1.807, 2.05) is 29.0 Å². The second kappa shape index (κ2) is 5.29. The monoisotopic (exact) mass is 280 g/mol. The topological polar surface area (TPSA) is 38.0 Å². The number of halogens is 1. The third-order valence-corrected chi connectivity index (χ3v) is 3.54. The molecule has 3 rings (SSSR count). The lowest BCUT2D eigenvalue weighted by atomic mass is 10.1. The van der Waals surface area contributed by atoms with Gasteiger partial charge in [-0.25, -0.2) is 4.39 Å². The molecule has 4 heteroatoms. The molecule has 0 aliphatic heterocycles. The second-order valence-electron chi connectivity index (χ2n) is 4.73. The summed E-state index contributed by atoms with van der Waals surface area (Å²) in [7, 11) is 1.45. The molecule has 0 bridgehead atoms. The van der Waals surface area contributed by atoms with Crippen LogP contribution in [-0.2, 0) is 6.54 Å². The fourth-order valence-electron chi connectivity index (χ4n) is 2.48. The molecule has 3 nitrogen and oxygen atoms in total. The van der Waals surface area contributed by atoms with Crippen LogP contribution in [0.4, 0.5) is 4.39 Å². The predicted octanol–water partition coefficient (Wildman–Crippen LogP) is 3.71. The molecule has 0 aliphatic rings. The average molecular weight is 280 g/mol. The summed E-state index contributed by atoms with van der Waals surface area (Å²) in [6.07, 6.45) is 1.87. The van der Waals surface area contributed by atoms with E-state index in [1.165, 1.54) is 7.11 Å². The number of nitrogens with zero attached hydrogens (tertiary/aromatic N) is 2. The Hall–Kier alpha value is -2.80. The first-order valence-electron chi connectivity index (χ1n) is 6.54. The van der Waals surface area contributed by atoms with Crippen LogP contribution < -0.4 is 4.74 Å². The van der Waals surface area contributed by atoms with Crippen molar-refractivity contribution in [1.29, 1.82) is 5.26 Å². The molecule has 2 aromatic carbocycles. The summed E-state index contributed by atoms with van der Waals surface area (Å²) in [5, 5.41) is 9.99. The number of ether oxygens (including phenoxy) is 1. The van der Waals surface area contributed by atoms with Crippen molar-refractivity contribution in [3.8, 4) is 11.8 Å². The summed E-state index contributed by atoms with van der Waals surface area (Å²) in [6.45, 7) is 0.390. The molecule has 0 amide bonds. The zero-order valence-corrected chi connectivity index (χ0v) is 11.5. The zero-order valence-electron chi connectivity index (χ0n) is 11.5. The number of methoxy groups -OCH3 is 1. The van der Waals surface area contributed by atoms with Gasteiger partial charge in [0.2, 0.25) is 0 Å². The Balaban J connectivity index is 2.06. The normalized spacial score (nSPS) is 10.5. The highest BCUT2D eigenvalue weighted by molar-refractivity contribution is 5.86. The molecule has 0 fully saturated rings. The van der Waals surface area contributed by atoms with Gasteiger partial charge in [0.25, 0.3) is 0 Å². The van der Waals surface area contributed by atoms with Crippen LogP contribution in [0.3, 0.4) is 0 Å². The van der Waals surface area contributed by atoms with E-state index in [4.69, 9.17) is 10.00 Å². The SMILES string of the molecule is COc1cccc(Cn2ccc3c(C#N)cccc32)c1F. The van der Waals surface area contributed by atoms with Gasteiger partial charge in [0.15, 0.2) is 11.6 Å². The van der Waals surface area contributed by atoms with Crippen molar-refractivity contribution in [1.82, 2.24) is 4.57 Å². The van der Waals surface area contributed by atoms with Crippen LogP contribution in [0.25, 0.3) is 10.9 Å². The molecule has 0 unspecified atom stereocenters. The second-order valence-corrected chi connectivity index (χ2v) is 4.73. The van der Waals surface area contributed by atoms with E-state index in [1.54, 1.807) is 24.3 Å². The van der Waals surface area contributed by atoms with Gasteiger partial charge in [-0.2, -0.15) is 5.26 Å². The van der Waals surface area contributed by atoms with Gasteiger partial charge < -0.3 is 9.30 Å². The quantitative estimate of drug-likeness (QED) is 0.733. The molecule has 0 N–H and O–H groups in total. The van der Waals surface area contributed by atoms with Gasteiger partial charge in [0.1, 0.15) is 0 Å². The third kappa shape index (κ3) is 2.23. The Labute approximate surface area is 121 Å². The van der Waals surface area contributed by atoms with Crippen molar-refractivity contribution in [2.45, 2.75) is 6.54 Å². The summed E-state index contributed by atoms with van der Waals surface area (Å²) in [5.74, 6) is -0.111. The Morgan fingerprint density at radius 2 is 2.00 bits per heavy atom. The zero-order chi connectivity index (χ0) is 14.8. The maximum atomic E-state index is 14.2. The minimum absolute atomic E-state index is 0.238. The van der Waals surface area contributed by atoms with Gasteiger partial charge >= 0.3 is 0 Å². The van der Waals surface area contributed by atoms with Gasteiger partial charge in [-0.15, -0.1) is 0 Å². The van der Waals surface area contributed by atoms with Crippen molar-refractivity contribution >= 4 is 10.9 Å². The van der Waals surface area contributed by atoms with Crippen LogP contribution in [0.2, 0.25) is 0 Å². The molecular weight excluding hydrogens is 267 g/mol. The number of aromatic nitrogens is 1. The molecule has 3 aromatic rings. The van der Waals surface area contributed by atoms with Crippen molar-refractivity contribution in [2.75, 3.05) is 7.11 Å². The van der Waals surface area contributed by atoms with E-state index in [-0.39, 0.29) is 11.6 Å². The lowest BCUT2D eigenvalue weighted by Gasteiger charge is -2.09. The standard InChI is InChI=1S/C17H13FN2O/c1-21-16-7-3-5-13(17(16)18)11-20-9-8-14-12(10-19)4-2-6-15(14)20/h2-9H,11H2,1H3. The number of hydrogen-bond donors (Lipinski definition) is 0. The van der Waals surface area contributed by atoms with Crippen molar-refractivity contribution in [3.63, 3.8) is 0 Å². The van der Waals surface area contributed by atoms with E-state index >= 15 is 0 Å². The van der Waals surface area contributed by atoms with Crippen molar-refractivity contribution in [3.05, 3.63) is 65.6 Å². The summed E-state index contributed by atoms with van der Waals surface area (Å²) < 4.78 is 21.1. The Bertz CT molecular complexity index is 846. The summed E-state index contributed by atoms with van der Waals surface area (Å²) >= 11 is 0. The first-order chi connectivity index (χ1) is 10.2. The Morgan fingerprint density at radius 3 is 2.76 bits per heavy atom. The molecule has 0 atom stereocenters. The molecular formula is C17H13FN2O. The van der Waals surface area contributed by atoms with Crippen LogP contribution >= 0.6 is 0 Å². The van der Waals surface area contributed by atoms with Crippen molar-refractivity contribution in [2.24, 2.45) is 0 Å².